The smallest absolute Gasteiger partial charge is 0.236 e. The number of aryl methyl sites for hydroxylation is 1. The fourth-order valence-electron chi connectivity index (χ4n) is 2.04. The highest BCUT2D eigenvalue weighted by atomic mass is 32.1. The molecule has 0 spiro atoms. The van der Waals surface area contributed by atoms with Crippen LogP contribution >= 0.6 is 11.5 Å². The van der Waals surface area contributed by atoms with Gasteiger partial charge >= 0.3 is 0 Å². The minimum Gasteiger partial charge on any atom is -0.383 e. The van der Waals surface area contributed by atoms with Crippen LogP contribution in [-0.2, 0) is 9.53 Å². The lowest BCUT2D eigenvalue weighted by molar-refractivity contribution is -0.130. The van der Waals surface area contributed by atoms with E-state index in [1.54, 1.807) is 7.11 Å². The highest BCUT2D eigenvalue weighted by Crippen LogP contribution is 2.18. The number of methoxy groups -OCH3 is 1. The third-order valence-corrected chi connectivity index (χ3v) is 4.05. The molecular formula is C12H21N5O2S. The van der Waals surface area contributed by atoms with Crippen molar-refractivity contribution in [3.8, 4) is 0 Å². The Hall–Kier alpha value is -1.25. The van der Waals surface area contributed by atoms with Crippen molar-refractivity contribution in [1.29, 1.82) is 0 Å². The van der Waals surface area contributed by atoms with Crippen molar-refractivity contribution in [2.75, 3.05) is 57.9 Å². The Balaban J connectivity index is 1.72. The number of ether oxygens (including phenoxy) is 1. The summed E-state index contributed by atoms with van der Waals surface area (Å²) in [5, 5.41) is 4.03. The van der Waals surface area contributed by atoms with Crippen LogP contribution in [0.3, 0.4) is 0 Å². The van der Waals surface area contributed by atoms with Crippen molar-refractivity contribution in [3.05, 3.63) is 5.82 Å². The van der Waals surface area contributed by atoms with Crippen molar-refractivity contribution in [2.45, 2.75) is 6.92 Å². The van der Waals surface area contributed by atoms with E-state index in [0.717, 1.165) is 37.1 Å². The van der Waals surface area contributed by atoms with Crippen LogP contribution in [-0.4, -0.2) is 73.1 Å². The SMILES string of the molecule is COCCNCC(=O)N1CCN(c2nc(C)ns2)CC1. The molecule has 0 aromatic carbocycles. The van der Waals surface area contributed by atoms with Crippen LogP contribution in [0.1, 0.15) is 5.82 Å². The van der Waals surface area contributed by atoms with Gasteiger partial charge in [0, 0.05) is 51.4 Å². The highest BCUT2D eigenvalue weighted by molar-refractivity contribution is 7.09. The van der Waals surface area contributed by atoms with Crippen LogP contribution in [0.2, 0.25) is 0 Å². The Bertz CT molecular complexity index is 431. The fourth-order valence-corrected chi connectivity index (χ4v) is 2.77. The minimum atomic E-state index is 0.147. The molecule has 0 bridgehead atoms. The van der Waals surface area contributed by atoms with Crippen LogP contribution in [0, 0.1) is 6.92 Å². The zero-order valence-electron chi connectivity index (χ0n) is 12.0. The van der Waals surface area contributed by atoms with Crippen LogP contribution in [0.15, 0.2) is 0 Å². The van der Waals surface area contributed by atoms with E-state index in [0.29, 0.717) is 19.7 Å². The van der Waals surface area contributed by atoms with E-state index in [1.165, 1.54) is 11.5 Å². The fraction of sp³-hybridized carbons (Fsp3) is 0.750. The zero-order valence-corrected chi connectivity index (χ0v) is 12.8. The number of carbonyl (C=O) groups excluding carboxylic acids is 1. The Morgan fingerprint density at radius 2 is 2.15 bits per heavy atom. The van der Waals surface area contributed by atoms with Crippen LogP contribution in [0.4, 0.5) is 5.13 Å². The molecular weight excluding hydrogens is 278 g/mol. The average Bonchev–Trinajstić information content (AvgIpc) is 2.90. The summed E-state index contributed by atoms with van der Waals surface area (Å²) in [7, 11) is 1.65. The first-order valence-electron chi connectivity index (χ1n) is 6.73. The lowest BCUT2D eigenvalue weighted by atomic mass is 10.3. The molecule has 1 N–H and O–H groups in total. The second-order valence-electron chi connectivity index (χ2n) is 4.66. The van der Waals surface area contributed by atoms with Gasteiger partial charge in [0.1, 0.15) is 5.82 Å². The molecule has 1 fully saturated rings. The molecule has 1 amide bonds. The number of anilines is 1. The van der Waals surface area contributed by atoms with E-state index >= 15 is 0 Å². The topological polar surface area (TPSA) is 70.6 Å². The number of nitrogens with zero attached hydrogens (tertiary/aromatic N) is 4. The summed E-state index contributed by atoms with van der Waals surface area (Å²) in [6.45, 7) is 6.71. The van der Waals surface area contributed by atoms with Crippen molar-refractivity contribution < 1.29 is 9.53 Å². The van der Waals surface area contributed by atoms with E-state index in [-0.39, 0.29) is 5.91 Å². The van der Waals surface area contributed by atoms with Gasteiger partial charge in [-0.3, -0.25) is 4.79 Å². The van der Waals surface area contributed by atoms with Gasteiger partial charge in [0.25, 0.3) is 0 Å². The maximum absolute atomic E-state index is 12.0. The second kappa shape index (κ2) is 7.51. The molecule has 20 heavy (non-hydrogen) atoms. The molecule has 112 valence electrons. The van der Waals surface area contributed by atoms with Crippen molar-refractivity contribution >= 4 is 22.6 Å². The predicted octanol–water partition coefficient (Wildman–Crippen LogP) is -0.269. The maximum Gasteiger partial charge on any atom is 0.236 e. The monoisotopic (exact) mass is 299 g/mol. The Morgan fingerprint density at radius 3 is 2.75 bits per heavy atom. The second-order valence-corrected chi connectivity index (χ2v) is 5.39. The number of hydrogen-bond donors (Lipinski definition) is 1. The number of carbonyl (C=O) groups is 1. The third-order valence-electron chi connectivity index (χ3n) is 3.18. The predicted molar refractivity (Wildman–Crippen MR) is 78.2 cm³/mol. The van der Waals surface area contributed by atoms with Gasteiger partial charge < -0.3 is 19.9 Å². The molecule has 0 saturated carbocycles. The Kier molecular flexibility index (Phi) is 5.69. The van der Waals surface area contributed by atoms with Gasteiger partial charge in [-0.15, -0.1) is 0 Å². The third kappa shape index (κ3) is 4.12. The van der Waals surface area contributed by atoms with E-state index < -0.39 is 0 Å². The summed E-state index contributed by atoms with van der Waals surface area (Å²) in [6, 6.07) is 0. The Morgan fingerprint density at radius 1 is 1.40 bits per heavy atom. The van der Waals surface area contributed by atoms with Gasteiger partial charge in [-0.2, -0.15) is 4.37 Å². The summed E-state index contributed by atoms with van der Waals surface area (Å²) >= 11 is 1.42. The molecule has 2 rings (SSSR count). The van der Waals surface area contributed by atoms with Crippen molar-refractivity contribution in [1.82, 2.24) is 19.6 Å². The molecule has 2 heterocycles. The Labute approximate surface area is 123 Å². The zero-order chi connectivity index (χ0) is 14.4. The van der Waals surface area contributed by atoms with E-state index in [4.69, 9.17) is 4.74 Å². The lowest BCUT2D eigenvalue weighted by Gasteiger charge is -2.34. The summed E-state index contributed by atoms with van der Waals surface area (Å²) < 4.78 is 9.12. The normalized spacial score (nSPS) is 15.7. The lowest BCUT2D eigenvalue weighted by Crippen LogP contribution is -2.51. The van der Waals surface area contributed by atoms with Crippen LogP contribution < -0.4 is 10.2 Å². The number of hydrogen-bond acceptors (Lipinski definition) is 7. The minimum absolute atomic E-state index is 0.147. The standard InChI is InChI=1S/C12H21N5O2S/c1-10-14-12(20-15-10)17-6-4-16(5-7-17)11(18)9-13-3-8-19-2/h13H,3-9H2,1-2H3. The number of nitrogens with one attached hydrogen (secondary N) is 1. The molecule has 0 unspecified atom stereocenters. The first-order chi connectivity index (χ1) is 9.70. The van der Waals surface area contributed by atoms with Gasteiger partial charge in [-0.25, -0.2) is 4.98 Å². The summed E-state index contributed by atoms with van der Waals surface area (Å²) in [4.78, 5) is 20.4. The molecule has 0 atom stereocenters. The van der Waals surface area contributed by atoms with E-state index in [2.05, 4.69) is 19.6 Å². The molecule has 1 saturated heterocycles. The molecule has 1 aromatic rings. The van der Waals surface area contributed by atoms with Gasteiger partial charge in [0.2, 0.25) is 11.0 Å². The molecule has 7 nitrogen and oxygen atoms in total. The van der Waals surface area contributed by atoms with Gasteiger partial charge in [0.15, 0.2) is 0 Å². The molecule has 8 heteroatoms. The van der Waals surface area contributed by atoms with Crippen molar-refractivity contribution in [2.24, 2.45) is 0 Å². The number of rotatable bonds is 6. The molecule has 1 aromatic heterocycles. The average molecular weight is 299 g/mol. The first-order valence-corrected chi connectivity index (χ1v) is 7.50. The van der Waals surface area contributed by atoms with Crippen molar-refractivity contribution in [3.63, 3.8) is 0 Å². The number of amides is 1. The van der Waals surface area contributed by atoms with Gasteiger partial charge in [-0.1, -0.05) is 0 Å². The van der Waals surface area contributed by atoms with Crippen LogP contribution in [0.25, 0.3) is 0 Å². The number of piperazine rings is 1. The molecule has 0 radical (unpaired) electrons. The quantitative estimate of drug-likeness (QED) is 0.729. The summed E-state index contributed by atoms with van der Waals surface area (Å²) in [6.07, 6.45) is 0. The largest absolute Gasteiger partial charge is 0.383 e. The first kappa shape index (κ1) is 15.1. The molecule has 1 aliphatic heterocycles. The molecule has 1 aliphatic rings. The maximum atomic E-state index is 12.0. The number of aromatic nitrogens is 2. The van der Waals surface area contributed by atoms with Gasteiger partial charge in [0.05, 0.1) is 13.2 Å². The highest BCUT2D eigenvalue weighted by Gasteiger charge is 2.22. The van der Waals surface area contributed by atoms with E-state index in [1.807, 2.05) is 11.8 Å². The summed E-state index contributed by atoms with van der Waals surface area (Å²) in [5.74, 6) is 0.958. The van der Waals surface area contributed by atoms with Gasteiger partial charge in [-0.05, 0) is 6.92 Å². The van der Waals surface area contributed by atoms with E-state index in [9.17, 15) is 4.79 Å². The van der Waals surface area contributed by atoms with Crippen LogP contribution in [0.5, 0.6) is 0 Å². The summed E-state index contributed by atoms with van der Waals surface area (Å²) in [5.41, 5.74) is 0. The molecule has 0 aliphatic carbocycles.